The van der Waals surface area contributed by atoms with E-state index in [4.69, 9.17) is 9.72 Å². The quantitative estimate of drug-likeness (QED) is 0.849. The summed E-state index contributed by atoms with van der Waals surface area (Å²) >= 11 is 1.46. The molecule has 2 heterocycles. The van der Waals surface area contributed by atoms with Crippen molar-refractivity contribution in [2.45, 2.75) is 38.9 Å². The molecule has 21 heavy (non-hydrogen) atoms. The van der Waals surface area contributed by atoms with Crippen LogP contribution >= 0.6 is 11.5 Å². The minimum Gasteiger partial charge on any atom is -0.366 e. The lowest BCUT2D eigenvalue weighted by molar-refractivity contribution is -0.133. The minimum absolute atomic E-state index is 0.180. The molecular formula is C16H21N3OS. The summed E-state index contributed by atoms with van der Waals surface area (Å²) in [4.78, 5) is 7.00. The van der Waals surface area contributed by atoms with Crippen molar-refractivity contribution in [3.8, 4) is 11.4 Å². The Bertz CT molecular complexity index is 605. The molecule has 1 aliphatic heterocycles. The molecule has 112 valence electrons. The van der Waals surface area contributed by atoms with Crippen LogP contribution in [0.25, 0.3) is 11.4 Å². The van der Waals surface area contributed by atoms with Crippen LogP contribution in [0.5, 0.6) is 0 Å². The smallest absolute Gasteiger partial charge is 0.205 e. The van der Waals surface area contributed by atoms with Gasteiger partial charge in [0.05, 0.1) is 11.2 Å². The van der Waals surface area contributed by atoms with Crippen LogP contribution in [0.1, 0.15) is 27.7 Å². The van der Waals surface area contributed by atoms with E-state index in [1.807, 2.05) is 30.3 Å². The molecule has 1 aliphatic rings. The van der Waals surface area contributed by atoms with Crippen LogP contribution in [0.3, 0.4) is 0 Å². The molecule has 3 rings (SSSR count). The Balaban J connectivity index is 1.86. The minimum atomic E-state index is -0.180. The maximum Gasteiger partial charge on any atom is 0.205 e. The van der Waals surface area contributed by atoms with Crippen LogP contribution in [0.2, 0.25) is 0 Å². The summed E-state index contributed by atoms with van der Waals surface area (Å²) in [5, 5.41) is 0.971. The topological polar surface area (TPSA) is 38.2 Å². The van der Waals surface area contributed by atoms with Crippen molar-refractivity contribution in [3.05, 3.63) is 30.3 Å². The zero-order valence-corrected chi connectivity index (χ0v) is 13.8. The molecule has 1 saturated heterocycles. The molecule has 0 N–H and O–H groups in total. The van der Waals surface area contributed by atoms with Gasteiger partial charge in [-0.3, -0.25) is 0 Å². The van der Waals surface area contributed by atoms with E-state index in [9.17, 15) is 0 Å². The van der Waals surface area contributed by atoms with Gasteiger partial charge in [0.25, 0.3) is 0 Å². The molecule has 4 nitrogen and oxygen atoms in total. The Morgan fingerprint density at radius 1 is 1.05 bits per heavy atom. The molecule has 1 aromatic heterocycles. The van der Waals surface area contributed by atoms with Crippen molar-refractivity contribution in [2.75, 3.05) is 18.0 Å². The monoisotopic (exact) mass is 303 g/mol. The Morgan fingerprint density at radius 2 is 1.67 bits per heavy atom. The van der Waals surface area contributed by atoms with E-state index in [0.717, 1.165) is 29.6 Å². The number of rotatable bonds is 2. The Hall–Kier alpha value is -1.46. The van der Waals surface area contributed by atoms with Gasteiger partial charge in [0.2, 0.25) is 5.13 Å². The Morgan fingerprint density at radius 3 is 2.29 bits per heavy atom. The molecule has 0 saturated carbocycles. The average Bonchev–Trinajstić information content (AvgIpc) is 2.85. The molecule has 0 amide bonds. The highest BCUT2D eigenvalue weighted by Gasteiger charge is 2.39. The summed E-state index contributed by atoms with van der Waals surface area (Å²) in [5.41, 5.74) is 0.701. The maximum atomic E-state index is 6.12. The van der Waals surface area contributed by atoms with Gasteiger partial charge in [-0.2, -0.15) is 9.36 Å². The number of anilines is 1. The van der Waals surface area contributed by atoms with Gasteiger partial charge >= 0.3 is 0 Å². The number of nitrogens with zero attached hydrogens (tertiary/aromatic N) is 3. The fraction of sp³-hybridized carbons (Fsp3) is 0.500. The Labute approximate surface area is 129 Å². The van der Waals surface area contributed by atoms with Crippen LogP contribution in [0.15, 0.2) is 30.3 Å². The van der Waals surface area contributed by atoms with Crippen molar-refractivity contribution >= 4 is 16.7 Å². The second-order valence-corrected chi connectivity index (χ2v) is 7.47. The first-order valence-electron chi connectivity index (χ1n) is 7.19. The zero-order valence-electron chi connectivity index (χ0n) is 13.0. The third-order valence-corrected chi connectivity index (χ3v) is 4.19. The number of hydrogen-bond acceptors (Lipinski definition) is 5. The lowest BCUT2D eigenvalue weighted by atomic mass is 9.99. The summed E-state index contributed by atoms with van der Waals surface area (Å²) in [6, 6.07) is 10.1. The van der Waals surface area contributed by atoms with E-state index in [0.29, 0.717) is 0 Å². The van der Waals surface area contributed by atoms with Gasteiger partial charge < -0.3 is 9.64 Å². The van der Waals surface area contributed by atoms with Crippen molar-refractivity contribution in [3.63, 3.8) is 0 Å². The maximum absolute atomic E-state index is 6.12. The number of benzene rings is 1. The van der Waals surface area contributed by atoms with Gasteiger partial charge in [-0.05, 0) is 27.7 Å². The van der Waals surface area contributed by atoms with Crippen LogP contribution in [0, 0.1) is 0 Å². The normalized spacial score (nSPS) is 20.5. The predicted molar refractivity (Wildman–Crippen MR) is 86.8 cm³/mol. The van der Waals surface area contributed by atoms with Gasteiger partial charge in [0, 0.05) is 30.2 Å². The fourth-order valence-corrected chi connectivity index (χ4v) is 3.66. The lowest BCUT2D eigenvalue weighted by Crippen LogP contribution is -2.57. The number of aromatic nitrogens is 2. The second-order valence-electron chi connectivity index (χ2n) is 6.74. The molecular weight excluding hydrogens is 282 g/mol. The van der Waals surface area contributed by atoms with E-state index >= 15 is 0 Å². The largest absolute Gasteiger partial charge is 0.366 e. The molecule has 0 radical (unpaired) electrons. The first-order valence-corrected chi connectivity index (χ1v) is 7.96. The molecule has 0 unspecified atom stereocenters. The lowest BCUT2D eigenvalue weighted by Gasteiger charge is -2.46. The molecule has 2 aromatic rings. The van der Waals surface area contributed by atoms with E-state index in [1.165, 1.54) is 11.5 Å². The number of hydrogen-bond donors (Lipinski definition) is 0. The average molecular weight is 303 g/mol. The number of morpholine rings is 1. The highest BCUT2D eigenvalue weighted by Crippen LogP contribution is 2.33. The molecule has 5 heteroatoms. The van der Waals surface area contributed by atoms with E-state index < -0.39 is 0 Å². The van der Waals surface area contributed by atoms with E-state index in [1.54, 1.807) is 0 Å². The summed E-state index contributed by atoms with van der Waals surface area (Å²) < 4.78 is 10.6. The van der Waals surface area contributed by atoms with Crippen molar-refractivity contribution < 1.29 is 4.74 Å². The highest BCUT2D eigenvalue weighted by molar-refractivity contribution is 7.09. The molecule has 1 fully saturated rings. The molecule has 0 bridgehead atoms. The van der Waals surface area contributed by atoms with Crippen LogP contribution in [-0.2, 0) is 4.74 Å². The molecule has 0 aliphatic carbocycles. The van der Waals surface area contributed by atoms with Gasteiger partial charge in [0.1, 0.15) is 0 Å². The Kier molecular flexibility index (Phi) is 3.50. The first kappa shape index (κ1) is 14.5. The summed E-state index contributed by atoms with van der Waals surface area (Å²) in [5.74, 6) is 0.803. The van der Waals surface area contributed by atoms with Crippen molar-refractivity contribution in [1.29, 1.82) is 0 Å². The standard InChI is InChI=1S/C16H21N3OS/c1-15(2)10-19(11-16(3,4)20-15)14-17-13(18-21-14)12-8-6-5-7-9-12/h5-9H,10-11H2,1-4H3. The third kappa shape index (κ3) is 3.24. The van der Waals surface area contributed by atoms with Gasteiger partial charge in [-0.25, -0.2) is 0 Å². The SMILES string of the molecule is CC1(C)CN(c2nc(-c3ccccc3)ns2)CC(C)(C)O1. The molecule has 0 atom stereocenters. The summed E-state index contributed by atoms with van der Waals surface area (Å²) in [6.45, 7) is 10.2. The second kappa shape index (κ2) is 5.07. The highest BCUT2D eigenvalue weighted by atomic mass is 32.1. The van der Waals surface area contributed by atoms with E-state index in [-0.39, 0.29) is 11.2 Å². The van der Waals surface area contributed by atoms with Gasteiger partial charge in [-0.1, -0.05) is 30.3 Å². The van der Waals surface area contributed by atoms with E-state index in [2.05, 4.69) is 37.0 Å². The molecule has 0 spiro atoms. The van der Waals surface area contributed by atoms with Crippen molar-refractivity contribution in [1.82, 2.24) is 9.36 Å². The van der Waals surface area contributed by atoms with Gasteiger partial charge in [-0.15, -0.1) is 0 Å². The van der Waals surface area contributed by atoms with Crippen molar-refractivity contribution in [2.24, 2.45) is 0 Å². The number of ether oxygens (including phenoxy) is 1. The fourth-order valence-electron chi connectivity index (χ4n) is 2.97. The predicted octanol–water partition coefficient (Wildman–Crippen LogP) is 3.60. The summed E-state index contributed by atoms with van der Waals surface area (Å²) in [7, 11) is 0. The van der Waals surface area contributed by atoms with Crippen LogP contribution in [0.4, 0.5) is 5.13 Å². The van der Waals surface area contributed by atoms with Crippen LogP contribution < -0.4 is 4.90 Å². The zero-order chi connectivity index (χ0) is 15.1. The summed E-state index contributed by atoms with van der Waals surface area (Å²) in [6.07, 6.45) is 0. The van der Waals surface area contributed by atoms with Crippen LogP contribution in [-0.4, -0.2) is 33.6 Å². The molecule has 1 aromatic carbocycles. The van der Waals surface area contributed by atoms with Gasteiger partial charge in [0.15, 0.2) is 5.82 Å². The third-order valence-electron chi connectivity index (χ3n) is 3.41. The first-order chi connectivity index (χ1) is 9.85.